The number of nitrogens with one attached hydrogen (secondary N) is 2. The van der Waals surface area contributed by atoms with Crippen LogP contribution in [-0.4, -0.2) is 37.9 Å². The maximum absolute atomic E-state index is 12.2. The molecule has 0 aliphatic carbocycles. The summed E-state index contributed by atoms with van der Waals surface area (Å²) in [5, 5.41) is 5.14. The largest absolute Gasteiger partial charge is 0.374 e. The van der Waals surface area contributed by atoms with E-state index in [1.807, 2.05) is 12.1 Å². The van der Waals surface area contributed by atoms with Gasteiger partial charge in [-0.1, -0.05) is 17.7 Å². The first kappa shape index (κ1) is 21.3. The van der Waals surface area contributed by atoms with Crippen LogP contribution in [0.25, 0.3) is 0 Å². The summed E-state index contributed by atoms with van der Waals surface area (Å²) in [6.45, 7) is 0.795. The third-order valence-corrected chi connectivity index (χ3v) is 5.91. The fraction of sp³-hybridized carbons (Fsp3) is 0.350. The van der Waals surface area contributed by atoms with Gasteiger partial charge >= 0.3 is 11.8 Å². The Morgan fingerprint density at radius 2 is 2.07 bits per heavy atom. The van der Waals surface area contributed by atoms with E-state index < -0.39 is 17.9 Å². The molecule has 1 saturated heterocycles. The molecule has 0 saturated carbocycles. The van der Waals surface area contributed by atoms with Crippen LogP contribution in [-0.2, 0) is 19.1 Å². The lowest BCUT2D eigenvalue weighted by Crippen LogP contribution is -2.38. The van der Waals surface area contributed by atoms with Crippen molar-refractivity contribution in [2.24, 2.45) is 0 Å². The molecule has 1 aliphatic rings. The van der Waals surface area contributed by atoms with Crippen LogP contribution >= 0.6 is 22.9 Å². The number of amides is 3. The molecular formula is C20H22ClN3O4S. The van der Waals surface area contributed by atoms with Gasteiger partial charge in [-0.15, -0.1) is 11.3 Å². The molecular weight excluding hydrogens is 414 g/mol. The van der Waals surface area contributed by atoms with Crippen molar-refractivity contribution in [3.8, 4) is 0 Å². The Morgan fingerprint density at radius 1 is 1.24 bits per heavy atom. The summed E-state index contributed by atoms with van der Waals surface area (Å²) in [5.74, 6) is -1.49. The van der Waals surface area contributed by atoms with Crippen LogP contribution in [0.4, 0.5) is 11.4 Å². The Labute approximate surface area is 178 Å². The monoisotopic (exact) mass is 435 g/mol. The molecule has 9 heteroatoms. The number of piperidine rings is 1. The Morgan fingerprint density at radius 3 is 2.76 bits per heavy atom. The summed E-state index contributed by atoms with van der Waals surface area (Å²) in [7, 11) is 1.53. The standard InChI is InChI=1S/C20H22ClN3O4S/c1-28-15(16-8-9-17(21)29-16)12-22-19(26)20(27)23-13-5-4-6-14(11-13)24-10-3-2-7-18(24)25/h4-6,8-9,11,15H,2-3,7,10,12H2,1H3,(H,22,26)(H,23,27)/t15-/m0/s1. The highest BCUT2D eigenvalue weighted by atomic mass is 35.5. The number of hydrogen-bond donors (Lipinski definition) is 2. The van der Waals surface area contributed by atoms with Crippen molar-refractivity contribution in [3.05, 3.63) is 45.6 Å². The molecule has 1 aliphatic heterocycles. The van der Waals surface area contributed by atoms with E-state index in [0.29, 0.717) is 28.7 Å². The maximum Gasteiger partial charge on any atom is 0.313 e. The van der Waals surface area contributed by atoms with E-state index in [1.165, 1.54) is 18.4 Å². The van der Waals surface area contributed by atoms with E-state index in [1.54, 1.807) is 29.2 Å². The number of methoxy groups -OCH3 is 1. The normalized spacial score (nSPS) is 15.1. The Bertz CT molecular complexity index is 901. The van der Waals surface area contributed by atoms with E-state index in [4.69, 9.17) is 16.3 Å². The van der Waals surface area contributed by atoms with Gasteiger partial charge < -0.3 is 20.3 Å². The van der Waals surface area contributed by atoms with Gasteiger partial charge in [0.05, 0.1) is 4.34 Å². The fourth-order valence-electron chi connectivity index (χ4n) is 3.09. The van der Waals surface area contributed by atoms with Gasteiger partial charge in [-0.2, -0.15) is 0 Å². The molecule has 2 N–H and O–H groups in total. The van der Waals surface area contributed by atoms with Crippen LogP contribution in [0.3, 0.4) is 0 Å². The zero-order valence-corrected chi connectivity index (χ0v) is 17.5. The van der Waals surface area contributed by atoms with Crippen LogP contribution in [0.1, 0.15) is 30.2 Å². The lowest BCUT2D eigenvalue weighted by Gasteiger charge is -2.27. The summed E-state index contributed by atoms with van der Waals surface area (Å²) < 4.78 is 5.98. The number of thiophene rings is 1. The van der Waals surface area contributed by atoms with E-state index in [-0.39, 0.29) is 12.5 Å². The number of anilines is 2. The van der Waals surface area contributed by atoms with E-state index in [2.05, 4.69) is 10.6 Å². The molecule has 1 aromatic carbocycles. The topological polar surface area (TPSA) is 87.7 Å². The first-order chi connectivity index (χ1) is 14.0. The van der Waals surface area contributed by atoms with Crippen LogP contribution in [0.5, 0.6) is 0 Å². The second-order valence-electron chi connectivity index (χ2n) is 6.58. The third kappa shape index (κ3) is 5.56. The van der Waals surface area contributed by atoms with Gasteiger partial charge in [-0.25, -0.2) is 0 Å². The Hall–Kier alpha value is -2.42. The van der Waals surface area contributed by atoms with E-state index >= 15 is 0 Å². The number of halogens is 1. The van der Waals surface area contributed by atoms with Crippen molar-refractivity contribution in [1.29, 1.82) is 0 Å². The fourth-order valence-corrected chi connectivity index (χ4v) is 4.22. The quantitative estimate of drug-likeness (QED) is 0.681. The van der Waals surface area contributed by atoms with Crippen LogP contribution in [0.15, 0.2) is 36.4 Å². The van der Waals surface area contributed by atoms with Crippen molar-refractivity contribution >= 4 is 52.0 Å². The predicted molar refractivity (Wildman–Crippen MR) is 113 cm³/mol. The zero-order chi connectivity index (χ0) is 20.8. The van der Waals surface area contributed by atoms with Gasteiger partial charge in [0, 0.05) is 42.9 Å². The van der Waals surface area contributed by atoms with Gasteiger partial charge in [0.15, 0.2) is 0 Å². The molecule has 154 valence electrons. The second-order valence-corrected chi connectivity index (χ2v) is 8.33. The molecule has 7 nitrogen and oxygen atoms in total. The molecule has 0 bridgehead atoms. The number of carbonyl (C=O) groups is 3. The summed E-state index contributed by atoms with van der Waals surface area (Å²) in [6, 6.07) is 10.5. The third-order valence-electron chi connectivity index (χ3n) is 4.59. The lowest BCUT2D eigenvalue weighted by atomic mass is 10.1. The molecule has 3 rings (SSSR count). The molecule has 2 aromatic rings. The first-order valence-corrected chi connectivity index (χ1v) is 10.4. The van der Waals surface area contributed by atoms with Gasteiger partial charge in [-0.05, 0) is 43.2 Å². The minimum Gasteiger partial charge on any atom is -0.374 e. The number of benzene rings is 1. The van der Waals surface area contributed by atoms with Gasteiger partial charge in [0.25, 0.3) is 0 Å². The average molecular weight is 436 g/mol. The van der Waals surface area contributed by atoms with Crippen molar-refractivity contribution in [1.82, 2.24) is 5.32 Å². The summed E-state index contributed by atoms with van der Waals surface area (Å²) in [5.41, 5.74) is 1.16. The highest BCUT2D eigenvalue weighted by Crippen LogP contribution is 2.28. The molecule has 2 heterocycles. The van der Waals surface area contributed by atoms with Crippen LogP contribution in [0.2, 0.25) is 4.34 Å². The number of nitrogens with zero attached hydrogens (tertiary/aromatic N) is 1. The zero-order valence-electron chi connectivity index (χ0n) is 15.9. The van der Waals surface area contributed by atoms with Crippen molar-refractivity contribution in [2.45, 2.75) is 25.4 Å². The molecule has 0 spiro atoms. The molecule has 0 unspecified atom stereocenters. The van der Waals surface area contributed by atoms with Crippen molar-refractivity contribution in [2.75, 3.05) is 30.4 Å². The number of ether oxygens (including phenoxy) is 1. The van der Waals surface area contributed by atoms with Crippen molar-refractivity contribution < 1.29 is 19.1 Å². The number of hydrogen-bond acceptors (Lipinski definition) is 5. The highest BCUT2D eigenvalue weighted by Gasteiger charge is 2.21. The molecule has 1 atom stereocenters. The summed E-state index contributed by atoms with van der Waals surface area (Å²) >= 11 is 7.28. The van der Waals surface area contributed by atoms with Gasteiger partial charge in [-0.3, -0.25) is 14.4 Å². The van der Waals surface area contributed by atoms with Crippen LogP contribution in [0, 0.1) is 0 Å². The minimum absolute atomic E-state index is 0.0664. The summed E-state index contributed by atoms with van der Waals surface area (Å²) in [6.07, 6.45) is 1.97. The summed E-state index contributed by atoms with van der Waals surface area (Å²) in [4.78, 5) is 39.1. The smallest absolute Gasteiger partial charge is 0.313 e. The number of carbonyl (C=O) groups excluding carboxylic acids is 3. The minimum atomic E-state index is -0.786. The predicted octanol–water partition coefficient (Wildman–Crippen LogP) is 3.36. The van der Waals surface area contributed by atoms with Gasteiger partial charge in [0.2, 0.25) is 5.91 Å². The number of rotatable bonds is 6. The van der Waals surface area contributed by atoms with E-state index in [9.17, 15) is 14.4 Å². The second kappa shape index (κ2) is 9.87. The SMILES string of the molecule is CO[C@@H](CNC(=O)C(=O)Nc1cccc(N2CCCCC2=O)c1)c1ccc(Cl)s1. The molecule has 3 amide bonds. The molecule has 0 radical (unpaired) electrons. The van der Waals surface area contributed by atoms with E-state index in [0.717, 1.165) is 17.7 Å². The Balaban J connectivity index is 1.57. The van der Waals surface area contributed by atoms with Crippen molar-refractivity contribution in [3.63, 3.8) is 0 Å². The maximum atomic E-state index is 12.2. The Kier molecular flexibility index (Phi) is 7.24. The molecule has 29 heavy (non-hydrogen) atoms. The molecule has 1 fully saturated rings. The molecule has 1 aromatic heterocycles. The first-order valence-electron chi connectivity index (χ1n) is 9.25. The van der Waals surface area contributed by atoms with Gasteiger partial charge in [0.1, 0.15) is 6.10 Å². The lowest BCUT2D eigenvalue weighted by molar-refractivity contribution is -0.136. The highest BCUT2D eigenvalue weighted by molar-refractivity contribution is 7.16. The van der Waals surface area contributed by atoms with Crippen LogP contribution < -0.4 is 15.5 Å². The average Bonchev–Trinajstić information content (AvgIpc) is 3.15.